The molecule has 1 N–H and O–H groups in total. The van der Waals surface area contributed by atoms with Crippen molar-refractivity contribution in [1.29, 1.82) is 0 Å². The number of nitrogens with zero attached hydrogens (tertiary/aromatic N) is 5. The molecule has 10 nitrogen and oxygen atoms in total. The number of hydrogen-bond acceptors (Lipinski definition) is 6. The third-order valence-corrected chi connectivity index (χ3v) is 4.35. The molecule has 0 saturated carbocycles. The fraction of sp³-hybridized carbons (Fsp3) is 0.643. The van der Waals surface area contributed by atoms with Gasteiger partial charge in [0, 0.05) is 40.0 Å². The van der Waals surface area contributed by atoms with Crippen molar-refractivity contribution in [3.05, 3.63) is 12.2 Å². The molecular weight excluding hydrogens is 316 g/mol. The first-order valence-corrected chi connectivity index (χ1v) is 7.74. The maximum absolute atomic E-state index is 12.2. The highest BCUT2D eigenvalue weighted by Crippen LogP contribution is 2.32. The summed E-state index contributed by atoms with van der Waals surface area (Å²) in [7, 11) is 3.41. The standard InChI is InChI=1S/C14H20N6O4/c1-18-8-14(24-13(18)23)3-5-20(6-4-14)12(22)11(21)15-7-10-16-9-19(2)17-10/h9H,3-8H2,1-2H3,(H,15,21). The molecule has 0 aromatic carbocycles. The van der Waals surface area contributed by atoms with Crippen LogP contribution in [0.5, 0.6) is 0 Å². The zero-order valence-corrected chi connectivity index (χ0v) is 13.7. The summed E-state index contributed by atoms with van der Waals surface area (Å²) < 4.78 is 6.95. The lowest BCUT2D eigenvalue weighted by atomic mass is 9.91. The van der Waals surface area contributed by atoms with Gasteiger partial charge in [0.05, 0.1) is 13.1 Å². The second kappa shape index (κ2) is 6.10. The van der Waals surface area contributed by atoms with Crippen molar-refractivity contribution in [3.8, 4) is 0 Å². The minimum absolute atomic E-state index is 0.103. The Morgan fingerprint density at radius 1 is 1.33 bits per heavy atom. The largest absolute Gasteiger partial charge is 0.441 e. The number of amides is 3. The van der Waals surface area contributed by atoms with Crippen LogP contribution in [-0.2, 0) is 27.9 Å². The quantitative estimate of drug-likeness (QED) is 0.685. The molecule has 1 aromatic rings. The Hall–Kier alpha value is -2.65. The minimum Gasteiger partial charge on any atom is -0.441 e. The molecule has 3 rings (SSSR count). The van der Waals surface area contributed by atoms with Crippen LogP contribution in [0.1, 0.15) is 18.7 Å². The average molecular weight is 336 g/mol. The van der Waals surface area contributed by atoms with Gasteiger partial charge in [-0.25, -0.2) is 9.78 Å². The molecule has 1 spiro atoms. The van der Waals surface area contributed by atoms with Gasteiger partial charge in [-0.05, 0) is 0 Å². The van der Waals surface area contributed by atoms with Crippen molar-refractivity contribution in [2.24, 2.45) is 7.05 Å². The lowest BCUT2D eigenvalue weighted by molar-refractivity contribution is -0.148. The van der Waals surface area contributed by atoms with E-state index >= 15 is 0 Å². The minimum atomic E-state index is -0.682. The van der Waals surface area contributed by atoms with Crippen molar-refractivity contribution in [2.45, 2.75) is 25.0 Å². The Balaban J connectivity index is 1.49. The van der Waals surface area contributed by atoms with Gasteiger partial charge < -0.3 is 19.9 Å². The van der Waals surface area contributed by atoms with Crippen molar-refractivity contribution in [3.63, 3.8) is 0 Å². The predicted octanol–water partition coefficient (Wildman–Crippen LogP) is -1.13. The van der Waals surface area contributed by atoms with Crippen LogP contribution in [0.25, 0.3) is 0 Å². The predicted molar refractivity (Wildman–Crippen MR) is 80.5 cm³/mol. The van der Waals surface area contributed by atoms with Gasteiger partial charge in [0.15, 0.2) is 5.82 Å². The van der Waals surface area contributed by atoms with Crippen molar-refractivity contribution in [2.75, 3.05) is 26.7 Å². The number of nitrogens with one attached hydrogen (secondary N) is 1. The number of hydrogen-bond donors (Lipinski definition) is 1. The molecule has 3 heterocycles. The Labute approximate surface area is 138 Å². The first-order valence-electron chi connectivity index (χ1n) is 7.74. The van der Waals surface area contributed by atoms with Gasteiger partial charge in [-0.1, -0.05) is 0 Å². The Bertz CT molecular complexity index is 664. The first kappa shape index (κ1) is 16.2. The van der Waals surface area contributed by atoms with Crippen molar-refractivity contribution in [1.82, 2.24) is 29.9 Å². The van der Waals surface area contributed by atoms with Crippen LogP contribution in [0.2, 0.25) is 0 Å². The van der Waals surface area contributed by atoms with E-state index in [1.54, 1.807) is 14.1 Å². The normalized spacial score (nSPS) is 19.5. The molecule has 3 amide bonds. The molecule has 2 saturated heterocycles. The van der Waals surface area contributed by atoms with Crippen LogP contribution in [0, 0.1) is 0 Å². The van der Waals surface area contributed by atoms with E-state index in [1.165, 1.54) is 20.8 Å². The highest BCUT2D eigenvalue weighted by Gasteiger charge is 2.46. The molecule has 0 radical (unpaired) electrons. The van der Waals surface area contributed by atoms with Gasteiger partial charge in [0.2, 0.25) is 0 Å². The molecule has 2 aliphatic heterocycles. The fourth-order valence-electron chi connectivity index (χ4n) is 3.01. The summed E-state index contributed by atoms with van der Waals surface area (Å²) >= 11 is 0. The zero-order valence-electron chi connectivity index (χ0n) is 13.7. The van der Waals surface area contributed by atoms with Crippen molar-refractivity contribution >= 4 is 17.9 Å². The maximum atomic E-state index is 12.2. The number of likely N-dealkylation sites (N-methyl/N-ethyl adjacent to an activating group) is 1. The van der Waals surface area contributed by atoms with E-state index in [0.29, 0.717) is 38.3 Å². The molecule has 2 aliphatic rings. The van der Waals surface area contributed by atoms with Gasteiger partial charge in [0.1, 0.15) is 11.9 Å². The van der Waals surface area contributed by atoms with Crippen LogP contribution in [0.4, 0.5) is 4.79 Å². The van der Waals surface area contributed by atoms with Gasteiger partial charge >= 0.3 is 17.9 Å². The summed E-state index contributed by atoms with van der Waals surface area (Å²) in [5, 5.41) is 6.55. The number of likely N-dealkylation sites (tertiary alicyclic amines) is 1. The third kappa shape index (κ3) is 3.17. The zero-order chi connectivity index (χ0) is 17.3. The van der Waals surface area contributed by atoms with E-state index in [9.17, 15) is 14.4 Å². The van der Waals surface area contributed by atoms with E-state index < -0.39 is 17.4 Å². The summed E-state index contributed by atoms with van der Waals surface area (Å²) in [6.07, 6.45) is 2.25. The summed E-state index contributed by atoms with van der Waals surface area (Å²) in [5.74, 6) is -0.824. The number of carbonyl (C=O) groups excluding carboxylic acids is 3. The van der Waals surface area contributed by atoms with E-state index in [1.807, 2.05) is 0 Å². The second-order valence-electron chi connectivity index (χ2n) is 6.22. The van der Waals surface area contributed by atoms with Gasteiger partial charge in [-0.3, -0.25) is 14.3 Å². The van der Waals surface area contributed by atoms with E-state index in [0.717, 1.165) is 0 Å². The monoisotopic (exact) mass is 336 g/mol. The van der Waals surface area contributed by atoms with Crippen LogP contribution in [0.3, 0.4) is 0 Å². The number of ether oxygens (including phenoxy) is 1. The Morgan fingerprint density at radius 3 is 2.58 bits per heavy atom. The molecule has 24 heavy (non-hydrogen) atoms. The lowest BCUT2D eigenvalue weighted by Gasteiger charge is -2.36. The molecule has 130 valence electrons. The van der Waals surface area contributed by atoms with Crippen LogP contribution >= 0.6 is 0 Å². The van der Waals surface area contributed by atoms with Gasteiger partial charge in [-0.15, -0.1) is 0 Å². The molecule has 0 unspecified atom stereocenters. The van der Waals surface area contributed by atoms with E-state index in [4.69, 9.17) is 4.74 Å². The van der Waals surface area contributed by atoms with Gasteiger partial charge in [-0.2, -0.15) is 5.10 Å². The lowest BCUT2D eigenvalue weighted by Crippen LogP contribution is -2.52. The highest BCUT2D eigenvalue weighted by molar-refractivity contribution is 6.34. The van der Waals surface area contributed by atoms with Gasteiger partial charge in [0.25, 0.3) is 0 Å². The fourth-order valence-corrected chi connectivity index (χ4v) is 3.01. The SMILES string of the molecule is CN1CC2(CCN(C(=O)C(=O)NCc3ncn(C)n3)CC2)OC1=O. The molecule has 0 aliphatic carbocycles. The van der Waals surface area contributed by atoms with Crippen LogP contribution in [0.15, 0.2) is 6.33 Å². The molecule has 0 bridgehead atoms. The summed E-state index contributed by atoms with van der Waals surface area (Å²) in [6, 6.07) is 0. The number of rotatable bonds is 2. The number of piperidine rings is 1. The Morgan fingerprint density at radius 2 is 2.04 bits per heavy atom. The molecule has 0 atom stereocenters. The summed E-state index contributed by atoms with van der Waals surface area (Å²) in [4.78, 5) is 42.7. The highest BCUT2D eigenvalue weighted by atomic mass is 16.6. The van der Waals surface area contributed by atoms with Crippen molar-refractivity contribution < 1.29 is 19.1 Å². The summed E-state index contributed by atoms with van der Waals surface area (Å²) in [5.41, 5.74) is -0.531. The van der Waals surface area contributed by atoms with E-state index in [-0.39, 0.29) is 12.6 Å². The number of carbonyl (C=O) groups is 3. The molecule has 10 heteroatoms. The first-order chi connectivity index (χ1) is 11.4. The van der Waals surface area contributed by atoms with E-state index in [2.05, 4.69) is 15.4 Å². The van der Waals surface area contributed by atoms with Crippen LogP contribution in [-0.4, -0.2) is 74.8 Å². The molecular formula is C14H20N6O4. The number of aromatic nitrogens is 3. The number of aryl methyl sites for hydroxylation is 1. The average Bonchev–Trinajstić information content (AvgIpc) is 3.09. The topological polar surface area (TPSA) is 110 Å². The third-order valence-electron chi connectivity index (χ3n) is 4.35. The molecule has 2 fully saturated rings. The maximum Gasteiger partial charge on any atom is 0.410 e. The molecule has 1 aromatic heterocycles. The summed E-state index contributed by atoms with van der Waals surface area (Å²) in [6.45, 7) is 1.39. The Kier molecular flexibility index (Phi) is 4.12. The smallest absolute Gasteiger partial charge is 0.410 e. The second-order valence-corrected chi connectivity index (χ2v) is 6.22. The van der Waals surface area contributed by atoms with Crippen LogP contribution < -0.4 is 5.32 Å².